The van der Waals surface area contributed by atoms with Crippen molar-refractivity contribution in [2.45, 2.75) is 26.9 Å². The molecule has 0 aliphatic rings. The molecule has 3 heteroatoms. The molecule has 0 saturated heterocycles. The third-order valence-corrected chi connectivity index (χ3v) is 1.45. The molecule has 0 fully saturated rings. The van der Waals surface area contributed by atoms with Crippen LogP contribution in [0.5, 0.6) is 0 Å². The highest BCUT2D eigenvalue weighted by Gasteiger charge is 2.14. The van der Waals surface area contributed by atoms with Gasteiger partial charge in [-0.25, -0.2) is 4.79 Å². The monoisotopic (exact) mass is 172 g/mol. The largest absolute Gasteiger partial charge is 0.463 e. The Morgan fingerprint density at radius 2 is 2.00 bits per heavy atom. The number of hydrogen-bond acceptors (Lipinski definition) is 3. The molecule has 0 rings (SSSR count). The van der Waals surface area contributed by atoms with Gasteiger partial charge in [-0.1, -0.05) is 6.58 Å². The van der Waals surface area contributed by atoms with Crippen molar-refractivity contribution < 1.29 is 14.3 Å². The van der Waals surface area contributed by atoms with E-state index in [0.717, 1.165) is 0 Å². The molecular formula is C9H16O3. The van der Waals surface area contributed by atoms with Crippen LogP contribution in [0.3, 0.4) is 0 Å². The van der Waals surface area contributed by atoms with E-state index in [0.29, 0.717) is 18.8 Å². The number of rotatable bonds is 5. The average Bonchev–Trinajstić information content (AvgIpc) is 2.04. The van der Waals surface area contributed by atoms with Crippen molar-refractivity contribution in [1.82, 2.24) is 0 Å². The van der Waals surface area contributed by atoms with Crippen molar-refractivity contribution in [1.29, 1.82) is 0 Å². The number of ether oxygens (including phenoxy) is 2. The molecule has 1 atom stereocenters. The van der Waals surface area contributed by atoms with E-state index < -0.39 is 0 Å². The lowest BCUT2D eigenvalue weighted by Crippen LogP contribution is -2.19. The first-order valence-electron chi connectivity index (χ1n) is 4.11. The summed E-state index contributed by atoms with van der Waals surface area (Å²) in [5.41, 5.74) is 0.374. The van der Waals surface area contributed by atoms with Gasteiger partial charge in [0.05, 0.1) is 18.3 Å². The molecule has 0 aromatic rings. The molecular weight excluding hydrogens is 156 g/mol. The Hall–Kier alpha value is -0.830. The minimum Gasteiger partial charge on any atom is -0.463 e. The highest BCUT2D eigenvalue weighted by molar-refractivity contribution is 5.88. The fourth-order valence-corrected chi connectivity index (χ4v) is 0.740. The van der Waals surface area contributed by atoms with Gasteiger partial charge >= 0.3 is 5.97 Å². The van der Waals surface area contributed by atoms with Crippen molar-refractivity contribution >= 4 is 5.97 Å². The molecule has 0 aromatic carbocycles. The summed E-state index contributed by atoms with van der Waals surface area (Å²) >= 11 is 0. The van der Waals surface area contributed by atoms with Gasteiger partial charge in [0.25, 0.3) is 0 Å². The Balaban J connectivity index is 3.91. The van der Waals surface area contributed by atoms with E-state index in [1.54, 1.807) is 13.8 Å². The molecule has 1 unspecified atom stereocenters. The summed E-state index contributed by atoms with van der Waals surface area (Å²) in [6, 6.07) is 0. The highest BCUT2D eigenvalue weighted by Crippen LogP contribution is 2.05. The summed E-state index contributed by atoms with van der Waals surface area (Å²) < 4.78 is 9.92. The maximum absolute atomic E-state index is 11.1. The van der Waals surface area contributed by atoms with Gasteiger partial charge in [0.2, 0.25) is 0 Å². The standard InChI is InChI=1S/C9H16O3/c1-5-11-8(4)7(3)9(10)12-6-2/h8H,3,5-6H2,1-2,4H3. The first-order chi connectivity index (χ1) is 5.63. The Morgan fingerprint density at radius 1 is 1.42 bits per heavy atom. The van der Waals surface area contributed by atoms with Crippen LogP contribution in [0.25, 0.3) is 0 Å². The highest BCUT2D eigenvalue weighted by atomic mass is 16.5. The first kappa shape index (κ1) is 11.2. The van der Waals surface area contributed by atoms with E-state index in [-0.39, 0.29) is 12.1 Å². The summed E-state index contributed by atoms with van der Waals surface area (Å²) in [6.45, 7) is 9.94. The van der Waals surface area contributed by atoms with Gasteiger partial charge in [0, 0.05) is 6.61 Å². The quantitative estimate of drug-likeness (QED) is 0.466. The third-order valence-electron chi connectivity index (χ3n) is 1.45. The zero-order valence-corrected chi connectivity index (χ0v) is 7.92. The normalized spacial score (nSPS) is 12.2. The lowest BCUT2D eigenvalue weighted by molar-refractivity contribution is -0.139. The zero-order chi connectivity index (χ0) is 9.56. The molecule has 0 bridgehead atoms. The van der Waals surface area contributed by atoms with Crippen molar-refractivity contribution in [3.63, 3.8) is 0 Å². The maximum atomic E-state index is 11.1. The van der Waals surface area contributed by atoms with Crippen molar-refractivity contribution in [3.05, 3.63) is 12.2 Å². The van der Waals surface area contributed by atoms with E-state index in [1.807, 2.05) is 6.92 Å². The van der Waals surface area contributed by atoms with Crippen LogP contribution >= 0.6 is 0 Å². The molecule has 70 valence electrons. The molecule has 0 amide bonds. The Morgan fingerprint density at radius 3 is 2.42 bits per heavy atom. The Bertz CT molecular complexity index is 163. The van der Waals surface area contributed by atoms with Gasteiger partial charge in [-0.3, -0.25) is 0 Å². The molecule has 0 aliphatic heterocycles. The van der Waals surface area contributed by atoms with E-state index >= 15 is 0 Å². The molecule has 0 radical (unpaired) electrons. The smallest absolute Gasteiger partial charge is 0.336 e. The molecule has 0 aromatic heterocycles. The molecule has 3 nitrogen and oxygen atoms in total. The van der Waals surface area contributed by atoms with Gasteiger partial charge in [-0.05, 0) is 20.8 Å². The predicted octanol–water partition coefficient (Wildman–Crippen LogP) is 1.53. The first-order valence-corrected chi connectivity index (χ1v) is 4.11. The molecule has 0 saturated carbocycles. The molecule has 0 heterocycles. The van der Waals surface area contributed by atoms with Crippen LogP contribution in [0.2, 0.25) is 0 Å². The van der Waals surface area contributed by atoms with E-state index in [9.17, 15) is 4.79 Å². The van der Waals surface area contributed by atoms with Crippen LogP contribution in [-0.2, 0) is 14.3 Å². The van der Waals surface area contributed by atoms with Crippen molar-refractivity contribution in [3.8, 4) is 0 Å². The fourth-order valence-electron chi connectivity index (χ4n) is 0.740. The maximum Gasteiger partial charge on any atom is 0.336 e. The van der Waals surface area contributed by atoms with Crippen LogP contribution < -0.4 is 0 Å². The topological polar surface area (TPSA) is 35.5 Å². The van der Waals surface area contributed by atoms with Crippen LogP contribution in [0.1, 0.15) is 20.8 Å². The van der Waals surface area contributed by atoms with E-state index in [2.05, 4.69) is 6.58 Å². The van der Waals surface area contributed by atoms with E-state index in [4.69, 9.17) is 9.47 Å². The van der Waals surface area contributed by atoms with Crippen LogP contribution in [-0.4, -0.2) is 25.3 Å². The van der Waals surface area contributed by atoms with Crippen LogP contribution in [0.4, 0.5) is 0 Å². The SMILES string of the molecule is C=C(C(=O)OCC)C(C)OCC. The van der Waals surface area contributed by atoms with Gasteiger partial charge in [-0.15, -0.1) is 0 Å². The van der Waals surface area contributed by atoms with Crippen LogP contribution in [0, 0.1) is 0 Å². The van der Waals surface area contributed by atoms with Crippen LogP contribution in [0.15, 0.2) is 12.2 Å². The second-order valence-electron chi connectivity index (χ2n) is 2.34. The third kappa shape index (κ3) is 3.53. The summed E-state index contributed by atoms with van der Waals surface area (Å²) in [5.74, 6) is -0.376. The number of hydrogen-bond donors (Lipinski definition) is 0. The lowest BCUT2D eigenvalue weighted by atomic mass is 10.2. The fraction of sp³-hybridized carbons (Fsp3) is 0.667. The van der Waals surface area contributed by atoms with Gasteiger partial charge < -0.3 is 9.47 Å². The molecule has 0 aliphatic carbocycles. The van der Waals surface area contributed by atoms with Gasteiger partial charge in [0.15, 0.2) is 0 Å². The number of esters is 1. The Kier molecular flexibility index (Phi) is 5.37. The minimum absolute atomic E-state index is 0.256. The van der Waals surface area contributed by atoms with Gasteiger partial charge in [0.1, 0.15) is 0 Å². The summed E-state index contributed by atoms with van der Waals surface area (Å²) in [5, 5.41) is 0. The second-order valence-corrected chi connectivity index (χ2v) is 2.34. The van der Waals surface area contributed by atoms with E-state index in [1.165, 1.54) is 0 Å². The van der Waals surface area contributed by atoms with Gasteiger partial charge in [-0.2, -0.15) is 0 Å². The van der Waals surface area contributed by atoms with Crippen molar-refractivity contribution in [2.24, 2.45) is 0 Å². The van der Waals surface area contributed by atoms with Crippen molar-refractivity contribution in [2.75, 3.05) is 13.2 Å². The summed E-state index contributed by atoms with van der Waals surface area (Å²) in [4.78, 5) is 11.1. The summed E-state index contributed by atoms with van der Waals surface area (Å²) in [6.07, 6.45) is -0.256. The minimum atomic E-state index is -0.376. The average molecular weight is 172 g/mol. The zero-order valence-electron chi connectivity index (χ0n) is 7.92. The molecule has 0 N–H and O–H groups in total. The lowest BCUT2D eigenvalue weighted by Gasteiger charge is -2.12. The summed E-state index contributed by atoms with van der Waals surface area (Å²) in [7, 11) is 0. The Labute approximate surface area is 73.4 Å². The predicted molar refractivity (Wildman–Crippen MR) is 46.9 cm³/mol. The molecule has 12 heavy (non-hydrogen) atoms. The number of carbonyl (C=O) groups is 1. The molecule has 0 spiro atoms. The number of carbonyl (C=O) groups excluding carboxylic acids is 1. The second kappa shape index (κ2) is 5.77.